The van der Waals surface area contributed by atoms with E-state index < -0.39 is 0 Å². The summed E-state index contributed by atoms with van der Waals surface area (Å²) in [6, 6.07) is 16.1. The molecule has 0 unspecified atom stereocenters. The normalized spacial score (nSPS) is 10.7. The summed E-state index contributed by atoms with van der Waals surface area (Å²) in [5.74, 6) is 0.766. The van der Waals surface area contributed by atoms with Crippen LogP contribution in [0.5, 0.6) is 0 Å². The van der Waals surface area contributed by atoms with Gasteiger partial charge in [0, 0.05) is 17.8 Å². The second-order valence-corrected chi connectivity index (χ2v) is 5.09. The minimum atomic E-state index is 0.734. The van der Waals surface area contributed by atoms with Crippen molar-refractivity contribution < 1.29 is 0 Å². The molecule has 1 aromatic heterocycles. The van der Waals surface area contributed by atoms with Crippen LogP contribution in [0, 0.1) is 6.92 Å². The van der Waals surface area contributed by atoms with Gasteiger partial charge in [-0.2, -0.15) is 0 Å². The number of aryl methyl sites for hydroxylation is 3. The van der Waals surface area contributed by atoms with Crippen molar-refractivity contribution in [3.05, 3.63) is 59.7 Å². The van der Waals surface area contributed by atoms with Gasteiger partial charge in [-0.1, -0.05) is 29.8 Å². The van der Waals surface area contributed by atoms with E-state index in [4.69, 9.17) is 5.73 Å². The quantitative estimate of drug-likeness (QED) is 0.745. The Kier molecular flexibility index (Phi) is 3.64. The number of nitrogen functional groups attached to an aromatic ring is 1. The van der Waals surface area contributed by atoms with E-state index in [1.165, 1.54) is 11.1 Å². The number of aromatic nitrogens is 4. The average molecular weight is 279 g/mol. The van der Waals surface area contributed by atoms with E-state index in [1.807, 2.05) is 28.9 Å². The van der Waals surface area contributed by atoms with Crippen molar-refractivity contribution in [2.24, 2.45) is 0 Å². The van der Waals surface area contributed by atoms with Crippen molar-refractivity contribution in [3.63, 3.8) is 0 Å². The summed E-state index contributed by atoms with van der Waals surface area (Å²) in [6.07, 6.45) is 0.898. The van der Waals surface area contributed by atoms with Crippen LogP contribution in [0.1, 0.15) is 11.1 Å². The second kappa shape index (κ2) is 5.75. The number of nitrogens with two attached hydrogens (primary N) is 1. The van der Waals surface area contributed by atoms with Crippen LogP contribution in [-0.2, 0) is 13.0 Å². The van der Waals surface area contributed by atoms with Crippen LogP contribution in [0.3, 0.4) is 0 Å². The van der Waals surface area contributed by atoms with Gasteiger partial charge in [-0.25, -0.2) is 4.68 Å². The predicted molar refractivity (Wildman–Crippen MR) is 82.5 cm³/mol. The molecule has 21 heavy (non-hydrogen) atoms. The topological polar surface area (TPSA) is 69.6 Å². The summed E-state index contributed by atoms with van der Waals surface area (Å²) in [5.41, 5.74) is 9.97. The summed E-state index contributed by atoms with van der Waals surface area (Å²) in [7, 11) is 0. The smallest absolute Gasteiger partial charge is 0.182 e. The standard InChI is InChI=1S/C16H17N5/c1-12-3-2-4-13(11-12)9-10-21-16(18-19-20-21)14-5-7-15(17)8-6-14/h2-8,11H,9-10,17H2,1H3. The molecule has 5 nitrogen and oxygen atoms in total. The van der Waals surface area contributed by atoms with Gasteiger partial charge in [0.05, 0.1) is 0 Å². The number of hydrogen-bond acceptors (Lipinski definition) is 4. The first-order valence-electron chi connectivity index (χ1n) is 6.90. The number of hydrogen-bond donors (Lipinski definition) is 1. The SMILES string of the molecule is Cc1cccc(CCn2nnnc2-c2ccc(N)cc2)c1. The van der Waals surface area contributed by atoms with Gasteiger partial charge in [-0.05, 0) is 53.6 Å². The van der Waals surface area contributed by atoms with Crippen molar-refractivity contribution in [1.29, 1.82) is 0 Å². The first kappa shape index (κ1) is 13.3. The number of anilines is 1. The summed E-state index contributed by atoms with van der Waals surface area (Å²) in [4.78, 5) is 0. The van der Waals surface area contributed by atoms with E-state index in [2.05, 4.69) is 46.7 Å². The second-order valence-electron chi connectivity index (χ2n) is 5.09. The number of tetrazole rings is 1. The highest BCUT2D eigenvalue weighted by atomic mass is 15.5. The summed E-state index contributed by atoms with van der Waals surface area (Å²) < 4.78 is 1.83. The molecule has 2 aromatic carbocycles. The zero-order valence-electron chi connectivity index (χ0n) is 11.9. The maximum atomic E-state index is 5.71. The van der Waals surface area contributed by atoms with Crippen molar-refractivity contribution in [1.82, 2.24) is 20.2 Å². The molecule has 0 aliphatic heterocycles. The highest BCUT2D eigenvalue weighted by Gasteiger charge is 2.08. The van der Waals surface area contributed by atoms with Gasteiger partial charge in [-0.3, -0.25) is 0 Å². The van der Waals surface area contributed by atoms with E-state index in [0.717, 1.165) is 30.0 Å². The van der Waals surface area contributed by atoms with E-state index in [0.29, 0.717) is 0 Å². The highest BCUT2D eigenvalue weighted by molar-refractivity contribution is 5.58. The summed E-state index contributed by atoms with van der Waals surface area (Å²) in [6.45, 7) is 2.84. The molecule has 0 aliphatic carbocycles. The molecule has 1 heterocycles. The molecule has 3 rings (SSSR count). The lowest BCUT2D eigenvalue weighted by atomic mass is 10.1. The molecule has 3 aromatic rings. The molecule has 5 heteroatoms. The number of benzene rings is 2. The summed E-state index contributed by atoms with van der Waals surface area (Å²) in [5, 5.41) is 12.0. The lowest BCUT2D eigenvalue weighted by Crippen LogP contribution is -2.06. The first-order chi connectivity index (χ1) is 10.2. The highest BCUT2D eigenvalue weighted by Crippen LogP contribution is 2.17. The van der Waals surface area contributed by atoms with Gasteiger partial charge in [0.25, 0.3) is 0 Å². The van der Waals surface area contributed by atoms with Crippen molar-refractivity contribution in [3.8, 4) is 11.4 Å². The fourth-order valence-electron chi connectivity index (χ4n) is 2.30. The molecule has 0 atom stereocenters. The molecule has 0 fully saturated rings. The first-order valence-corrected chi connectivity index (χ1v) is 6.90. The molecular weight excluding hydrogens is 262 g/mol. The Morgan fingerprint density at radius 2 is 1.90 bits per heavy atom. The largest absolute Gasteiger partial charge is 0.399 e. The van der Waals surface area contributed by atoms with Crippen LogP contribution < -0.4 is 5.73 Å². The van der Waals surface area contributed by atoms with Gasteiger partial charge >= 0.3 is 0 Å². The third-order valence-electron chi connectivity index (χ3n) is 3.40. The average Bonchev–Trinajstić information content (AvgIpc) is 2.94. The van der Waals surface area contributed by atoms with Crippen LogP contribution in [0.15, 0.2) is 48.5 Å². The predicted octanol–water partition coefficient (Wildman–Crippen LogP) is 2.47. The molecule has 0 saturated heterocycles. The Labute approximate surface area is 123 Å². The molecule has 0 bridgehead atoms. The van der Waals surface area contributed by atoms with Gasteiger partial charge < -0.3 is 5.73 Å². The maximum absolute atomic E-state index is 5.71. The molecular formula is C16H17N5. The molecule has 0 aliphatic rings. The minimum absolute atomic E-state index is 0.734. The van der Waals surface area contributed by atoms with Crippen LogP contribution in [-0.4, -0.2) is 20.2 Å². The number of nitrogens with zero attached hydrogens (tertiary/aromatic N) is 4. The molecule has 106 valence electrons. The zero-order chi connectivity index (χ0) is 14.7. The lowest BCUT2D eigenvalue weighted by Gasteiger charge is -2.06. The molecule has 2 N–H and O–H groups in total. The Bertz CT molecular complexity index is 730. The molecule has 0 amide bonds. The van der Waals surface area contributed by atoms with Gasteiger partial charge in [0.2, 0.25) is 0 Å². The fourth-order valence-corrected chi connectivity index (χ4v) is 2.30. The van der Waals surface area contributed by atoms with E-state index in [1.54, 1.807) is 0 Å². The van der Waals surface area contributed by atoms with Crippen molar-refractivity contribution in [2.45, 2.75) is 19.9 Å². The number of rotatable bonds is 4. The van der Waals surface area contributed by atoms with E-state index >= 15 is 0 Å². The summed E-state index contributed by atoms with van der Waals surface area (Å²) >= 11 is 0. The van der Waals surface area contributed by atoms with Crippen molar-refractivity contribution in [2.75, 3.05) is 5.73 Å². The maximum Gasteiger partial charge on any atom is 0.182 e. The van der Waals surface area contributed by atoms with Gasteiger partial charge in [0.15, 0.2) is 5.82 Å². The van der Waals surface area contributed by atoms with Gasteiger partial charge in [-0.15, -0.1) is 5.10 Å². The third-order valence-corrected chi connectivity index (χ3v) is 3.40. The van der Waals surface area contributed by atoms with Crippen LogP contribution in [0.4, 0.5) is 5.69 Å². The van der Waals surface area contributed by atoms with Crippen LogP contribution in [0.2, 0.25) is 0 Å². The van der Waals surface area contributed by atoms with Gasteiger partial charge in [0.1, 0.15) is 0 Å². The Hall–Kier alpha value is -2.69. The zero-order valence-corrected chi connectivity index (χ0v) is 11.9. The third kappa shape index (κ3) is 3.08. The molecule has 0 radical (unpaired) electrons. The van der Waals surface area contributed by atoms with E-state index in [9.17, 15) is 0 Å². The molecule has 0 saturated carbocycles. The van der Waals surface area contributed by atoms with Crippen LogP contribution in [0.25, 0.3) is 11.4 Å². The fraction of sp³-hybridized carbons (Fsp3) is 0.188. The monoisotopic (exact) mass is 279 g/mol. The van der Waals surface area contributed by atoms with Crippen molar-refractivity contribution >= 4 is 5.69 Å². The minimum Gasteiger partial charge on any atom is -0.399 e. The lowest BCUT2D eigenvalue weighted by molar-refractivity contribution is 0.593. The Morgan fingerprint density at radius 1 is 1.10 bits per heavy atom. The van der Waals surface area contributed by atoms with Crippen LogP contribution >= 0.6 is 0 Å². The molecule has 0 spiro atoms. The van der Waals surface area contributed by atoms with E-state index in [-0.39, 0.29) is 0 Å². The Morgan fingerprint density at radius 3 is 2.67 bits per heavy atom. The Balaban J connectivity index is 1.78.